The van der Waals surface area contributed by atoms with Gasteiger partial charge in [-0.25, -0.2) is 9.59 Å². The summed E-state index contributed by atoms with van der Waals surface area (Å²) in [6, 6.07) is 61.5. The third-order valence-electron chi connectivity index (χ3n) is 26.6. The van der Waals surface area contributed by atoms with E-state index in [1.807, 2.05) is 111 Å². The predicted octanol–water partition coefficient (Wildman–Crippen LogP) is 28.8. The first-order valence-corrected chi connectivity index (χ1v) is 51.1. The molecule has 10 aromatic carbocycles. The van der Waals surface area contributed by atoms with Gasteiger partial charge in [-0.2, -0.15) is 0 Å². The van der Waals surface area contributed by atoms with E-state index in [1.54, 1.807) is 28.8 Å². The molecule has 10 heterocycles. The molecule has 148 heavy (non-hydrogen) atoms. The van der Waals surface area contributed by atoms with Gasteiger partial charge in [0.05, 0.1) is 45.2 Å². The summed E-state index contributed by atoms with van der Waals surface area (Å²) in [4.78, 5) is 67.1. The maximum Gasteiger partial charge on any atom is 0.419 e. The zero-order chi connectivity index (χ0) is 110. The average Bonchev–Trinajstić information content (AvgIpc) is 1.60. The molecule has 0 fully saturated rings. The second-order valence-electron chi connectivity index (χ2n) is 49.0. The number of hydrogen-bond donors (Lipinski definition) is 5. The minimum absolute atomic E-state index is 0.00133. The fraction of sp³-hybridized carbons (Fsp3) is 0.416. The van der Waals surface area contributed by atoms with Crippen molar-refractivity contribution in [3.63, 3.8) is 0 Å². The molecule has 12 aromatic rings. The summed E-state index contributed by atoms with van der Waals surface area (Å²) in [6.07, 6.45) is 3.03. The molecule has 0 atom stereocenters. The zero-order valence-electron chi connectivity index (χ0n) is 94.6. The minimum Gasteiger partial charge on any atom is -0.489 e. The number of amides is 3. The van der Waals surface area contributed by atoms with Crippen molar-refractivity contribution < 1.29 is 51.6 Å². The average molecular weight is 2010 g/mol. The summed E-state index contributed by atoms with van der Waals surface area (Å²) in [7, 11) is 9.23. The van der Waals surface area contributed by atoms with Crippen molar-refractivity contribution in [2.75, 3.05) is 88.8 Å². The molecule has 0 aliphatic carbocycles. The molecule has 0 unspecified atom stereocenters. The number of anilines is 8. The number of H-pyrrole nitrogens is 1. The van der Waals surface area contributed by atoms with Crippen molar-refractivity contribution in [1.82, 2.24) is 9.55 Å². The van der Waals surface area contributed by atoms with Crippen LogP contribution in [0.3, 0.4) is 0 Å². The topological polar surface area (TPSA) is 249 Å². The van der Waals surface area contributed by atoms with Gasteiger partial charge in [-0.15, -0.1) is 0 Å². The van der Waals surface area contributed by atoms with Crippen molar-refractivity contribution in [2.24, 2.45) is 7.05 Å². The molecule has 0 saturated heterocycles. The lowest BCUT2D eigenvalue weighted by Crippen LogP contribution is -2.36. The van der Waals surface area contributed by atoms with Crippen LogP contribution in [0.2, 0.25) is 0 Å². The first-order chi connectivity index (χ1) is 68.5. The number of hydrogen-bond acceptors (Lipinski definition) is 18. The van der Waals surface area contributed by atoms with E-state index in [4.69, 9.17) is 37.3 Å². The molecule has 8 aliphatic rings. The standard InChI is InChI=1S/2C14H19NO.C13H17NO2.C13H17NO.C12H15NO2.3C12H15NO.C12H17NO.C11H13NO2/c1-14(2,3)11-6-7-12-10(9-11)5-8-13(16)15(12)4;1-14(2,3)11-7-5-10-6-8-13(16)15(4)12(10)9-11;1-13(2,3)9-6-5-7-10-12(9)16-8-11(15)14(10)4;1-9-14(5)12-10(13(2,3)4)7-6-8-11(12)15-9;1-12(2,3)8-6-5-7-9-10(8)15-11(14)13(9)4;1-8-13-10-7-9(12(2,3)4)5-6-11(10)14-8;1-8-13-10-6-5-9(12(2,3)4)7-11(10)14-8;1-8-13-11-9(12(2,3)4)6-5-7-10(11)14-8;1-12(2,3)9-5-4-6-10-11(9)14-8-7-13-10;1-11(2,3)7-5-4-6-8-9(7)14-10(13)12-8/h6-7,9H,5,8H2,1-4H3;5,7,9H,6,8H2,1-4H3;5-7H,8H2,1-4H3;6-8H,1H2,2-5H3;5-7H,1-4H3;3*5-7,13H,1H2,2-4H3;4-6,13H,7-8H2,1-3H3;4-6H,1-3H3,(H,12,13). The smallest absolute Gasteiger partial charge is 0.419 e. The van der Waals surface area contributed by atoms with Crippen LogP contribution >= 0.6 is 0 Å². The lowest BCUT2D eigenvalue weighted by molar-refractivity contribution is -0.121. The summed E-state index contributed by atoms with van der Waals surface area (Å²) in [5.74, 6) is 7.66. The summed E-state index contributed by atoms with van der Waals surface area (Å²) < 4.78 is 45.0. The van der Waals surface area contributed by atoms with Crippen molar-refractivity contribution in [3.05, 3.63) is 320 Å². The van der Waals surface area contributed by atoms with E-state index in [9.17, 15) is 24.0 Å². The van der Waals surface area contributed by atoms with Crippen molar-refractivity contribution in [3.8, 4) is 34.5 Å². The van der Waals surface area contributed by atoms with Gasteiger partial charge in [0.2, 0.25) is 11.8 Å². The normalized spacial score (nSPS) is 14.8. The van der Waals surface area contributed by atoms with Gasteiger partial charge in [0.15, 0.2) is 64.3 Å². The Bertz CT molecular complexity index is 6960. The molecule has 8 aliphatic heterocycles. The molecule has 20 rings (SSSR count). The molecule has 0 spiro atoms. The molecule has 5 N–H and O–H groups in total. The molecule has 0 saturated carbocycles. The van der Waals surface area contributed by atoms with Gasteiger partial charge in [0, 0.05) is 88.3 Å². The van der Waals surface area contributed by atoms with E-state index >= 15 is 0 Å². The number of oxazole rings is 2. The second-order valence-corrected chi connectivity index (χ2v) is 49.0. The SMILES string of the molecule is C=C1Nc2c(cccc2C(C)(C)C)O1.C=C1Nc2cc(C(C)(C)C)ccc2O1.C=C1Nc2ccc(C(C)(C)C)cc2O1.C=C1Oc2cccc(C(C)(C)C)c2N1C.CC(C)(C)c1cccc2[nH]c(=O)oc12.CC(C)(C)c1cccc2c1OCCN2.CN1C(=O)CCc2cc(C(C)(C)C)ccc21.CN1C(=O)CCc2ccc(C(C)(C)C)cc21.CN1C(=O)COc2c1cccc2C(C)(C)C.Cn1c(=O)oc2c(C(C)(C)C)cccc21. The number of benzene rings is 10. The van der Waals surface area contributed by atoms with Gasteiger partial charge in [0.1, 0.15) is 18.1 Å². The number of para-hydroxylation sites is 6. The molecule has 23 heteroatoms. The Morgan fingerprint density at radius 3 is 1.36 bits per heavy atom. The first kappa shape index (κ1) is 114. The number of rotatable bonds is 0. The molecular weight excluding hydrogens is 1850 g/mol. The number of likely N-dealkylation sites (N-methyl/N-ethyl adjacent to an activating group) is 1. The summed E-state index contributed by atoms with van der Waals surface area (Å²) >= 11 is 0. The Labute approximate surface area is 879 Å². The maximum absolute atomic E-state index is 11.6. The van der Waals surface area contributed by atoms with E-state index in [2.05, 4.69) is 357 Å². The van der Waals surface area contributed by atoms with Crippen LogP contribution < -0.4 is 80.8 Å². The fourth-order valence-corrected chi connectivity index (χ4v) is 17.7. The molecule has 790 valence electrons. The van der Waals surface area contributed by atoms with Crippen LogP contribution in [-0.4, -0.2) is 75.2 Å². The Morgan fingerprint density at radius 2 is 0.770 bits per heavy atom. The van der Waals surface area contributed by atoms with Crippen molar-refractivity contribution in [2.45, 2.75) is 288 Å². The van der Waals surface area contributed by atoms with E-state index < -0.39 is 5.76 Å². The monoisotopic (exact) mass is 2010 g/mol. The molecule has 2 aromatic heterocycles. The first-order valence-electron chi connectivity index (χ1n) is 51.1. The number of ether oxygens (including phenoxy) is 6. The number of aromatic nitrogens is 2. The number of aromatic amines is 1. The fourth-order valence-electron chi connectivity index (χ4n) is 17.7. The minimum atomic E-state index is -0.392. The van der Waals surface area contributed by atoms with Gasteiger partial charge < -0.3 is 78.1 Å². The number of aryl methyl sites for hydroxylation is 3. The number of carbonyl (C=O) groups is 3. The quantitative estimate of drug-likeness (QED) is 0.0946. The second kappa shape index (κ2) is 44.5. The van der Waals surface area contributed by atoms with Crippen LogP contribution in [0.4, 0.5) is 45.5 Å². The molecular formula is C125H162N10O13. The van der Waals surface area contributed by atoms with E-state index in [-0.39, 0.29) is 84.2 Å². The summed E-state index contributed by atoms with van der Waals surface area (Å²) in [5.41, 5.74) is 27.2. The van der Waals surface area contributed by atoms with Crippen molar-refractivity contribution in [1.29, 1.82) is 0 Å². The third-order valence-corrected chi connectivity index (χ3v) is 26.6. The maximum atomic E-state index is 11.6. The Balaban J connectivity index is 0.000000156. The lowest BCUT2D eigenvalue weighted by Gasteiger charge is -2.31. The Hall–Kier alpha value is -14.1. The molecule has 23 nitrogen and oxygen atoms in total. The van der Waals surface area contributed by atoms with Crippen LogP contribution in [-0.2, 0) is 88.4 Å². The molecule has 3 amide bonds. The van der Waals surface area contributed by atoms with E-state index in [0.717, 1.165) is 134 Å². The van der Waals surface area contributed by atoms with Crippen LogP contribution in [0.5, 0.6) is 34.5 Å². The predicted molar refractivity (Wildman–Crippen MR) is 612 cm³/mol. The highest BCUT2D eigenvalue weighted by Crippen LogP contribution is 2.48. The molecule has 0 bridgehead atoms. The van der Waals surface area contributed by atoms with Gasteiger partial charge in [0.25, 0.3) is 5.91 Å². The largest absolute Gasteiger partial charge is 0.489 e. The Morgan fingerprint density at radius 1 is 0.318 bits per heavy atom. The third kappa shape index (κ3) is 28.0. The van der Waals surface area contributed by atoms with Gasteiger partial charge in [-0.05, 0) is 211 Å². The summed E-state index contributed by atoms with van der Waals surface area (Å²) in [6.45, 7) is 82.1. The van der Waals surface area contributed by atoms with Crippen molar-refractivity contribution >= 4 is 85.4 Å². The van der Waals surface area contributed by atoms with Gasteiger partial charge >= 0.3 is 11.5 Å². The molecule has 0 radical (unpaired) electrons. The zero-order valence-corrected chi connectivity index (χ0v) is 94.6. The van der Waals surface area contributed by atoms with Crippen LogP contribution in [0.1, 0.15) is 287 Å². The van der Waals surface area contributed by atoms with Crippen LogP contribution in [0.15, 0.2) is 250 Å². The van der Waals surface area contributed by atoms with Gasteiger partial charge in [-0.1, -0.05) is 317 Å². The van der Waals surface area contributed by atoms with E-state index in [0.29, 0.717) is 47.5 Å². The highest BCUT2D eigenvalue weighted by Gasteiger charge is 2.35. The lowest BCUT2D eigenvalue weighted by atomic mass is 9.84. The number of carbonyl (C=O) groups excluding carboxylic acids is 3. The highest BCUT2D eigenvalue weighted by atomic mass is 16.5. The van der Waals surface area contributed by atoms with Crippen LogP contribution in [0.25, 0.3) is 22.2 Å². The number of fused-ring (bicyclic) bond motifs is 10. The summed E-state index contributed by atoms with van der Waals surface area (Å²) in [5, 5.41) is 12.7. The van der Waals surface area contributed by atoms with E-state index in [1.165, 1.54) is 54.6 Å². The highest BCUT2D eigenvalue weighted by molar-refractivity contribution is 5.98. The number of nitrogens with one attached hydrogen (secondary N) is 5. The van der Waals surface area contributed by atoms with Gasteiger partial charge in [-0.3, -0.25) is 23.9 Å². The van der Waals surface area contributed by atoms with Crippen LogP contribution in [0, 0.1) is 0 Å². The Kier molecular flexibility index (Phi) is 34.4. The number of nitrogens with zero attached hydrogens (tertiary/aromatic N) is 5.